The fourth-order valence-electron chi connectivity index (χ4n) is 4.52. The lowest BCUT2D eigenvalue weighted by Gasteiger charge is -2.16. The van der Waals surface area contributed by atoms with Crippen molar-refractivity contribution in [2.45, 2.75) is 13.5 Å². The number of fused-ring (bicyclic) bond motifs is 2. The Morgan fingerprint density at radius 2 is 1.75 bits per heavy atom. The molecule has 0 bridgehead atoms. The summed E-state index contributed by atoms with van der Waals surface area (Å²) in [7, 11) is 0. The molecule has 0 aliphatic rings. The standard InChI is InChI=1S/C32H20BrCl4N3O4/c1-2-42-26-13-19(28(33)29(37)30(26)43-16-17-7-8-21(35)14-23(17)36)15-38-40-31(39-24-6-4-3-5-22(24)32(40)41)27-12-18-11-20(34)9-10-25(18)44-27/h3-15H,2,16H2,1H3. The Balaban J connectivity index is 1.43. The number of nitrogens with zero attached hydrogens (tertiary/aromatic N) is 3. The Hall–Kier alpha value is -3.53. The molecule has 0 radical (unpaired) electrons. The van der Waals surface area contributed by atoms with Crippen molar-refractivity contribution >= 4 is 90.4 Å². The lowest BCUT2D eigenvalue weighted by molar-refractivity contribution is 0.269. The molecule has 12 heteroatoms. The van der Waals surface area contributed by atoms with Crippen molar-refractivity contribution in [3.05, 3.63) is 119 Å². The highest BCUT2D eigenvalue weighted by atomic mass is 79.9. The van der Waals surface area contributed by atoms with E-state index in [1.807, 2.05) is 13.0 Å². The van der Waals surface area contributed by atoms with Crippen molar-refractivity contribution in [2.24, 2.45) is 5.10 Å². The summed E-state index contributed by atoms with van der Waals surface area (Å²) < 4.78 is 19.7. The van der Waals surface area contributed by atoms with Crippen LogP contribution in [0.2, 0.25) is 20.1 Å². The normalized spacial score (nSPS) is 11.6. The van der Waals surface area contributed by atoms with E-state index < -0.39 is 0 Å². The van der Waals surface area contributed by atoms with Crippen LogP contribution in [0.5, 0.6) is 11.5 Å². The van der Waals surface area contributed by atoms with Crippen molar-refractivity contribution in [1.29, 1.82) is 0 Å². The van der Waals surface area contributed by atoms with Gasteiger partial charge in [-0.3, -0.25) is 4.79 Å². The summed E-state index contributed by atoms with van der Waals surface area (Å²) in [5, 5.41) is 7.50. The van der Waals surface area contributed by atoms with Gasteiger partial charge in [-0.1, -0.05) is 64.6 Å². The molecule has 0 aliphatic heterocycles. The molecule has 7 nitrogen and oxygen atoms in total. The number of benzene rings is 4. The van der Waals surface area contributed by atoms with Crippen molar-refractivity contribution in [3.63, 3.8) is 0 Å². The molecule has 4 aromatic carbocycles. The van der Waals surface area contributed by atoms with E-state index in [0.717, 1.165) is 10.9 Å². The third-order valence-corrected chi connectivity index (χ3v) is 8.87. The molecule has 2 heterocycles. The maximum absolute atomic E-state index is 13.7. The smallest absolute Gasteiger partial charge is 0.282 e. The van der Waals surface area contributed by atoms with Gasteiger partial charge in [-0.2, -0.15) is 9.78 Å². The summed E-state index contributed by atoms with van der Waals surface area (Å²) >= 11 is 28.9. The zero-order valence-electron chi connectivity index (χ0n) is 22.8. The highest BCUT2D eigenvalue weighted by Gasteiger charge is 2.20. The van der Waals surface area contributed by atoms with Crippen molar-refractivity contribution in [1.82, 2.24) is 9.66 Å². The van der Waals surface area contributed by atoms with Crippen molar-refractivity contribution in [3.8, 4) is 23.1 Å². The lowest BCUT2D eigenvalue weighted by atomic mass is 10.2. The van der Waals surface area contributed by atoms with E-state index in [-0.39, 0.29) is 23.0 Å². The number of aromatic nitrogens is 2. The average Bonchev–Trinajstić information content (AvgIpc) is 3.43. The number of ether oxygens (including phenoxy) is 2. The molecule has 6 rings (SSSR count). The summed E-state index contributed by atoms with van der Waals surface area (Å²) in [6, 6.07) is 20.9. The summed E-state index contributed by atoms with van der Waals surface area (Å²) in [6.45, 7) is 2.32. The number of rotatable bonds is 8. The Bertz CT molecular complexity index is 2150. The van der Waals surface area contributed by atoms with E-state index in [1.54, 1.807) is 66.7 Å². The minimum Gasteiger partial charge on any atom is -0.490 e. The summed E-state index contributed by atoms with van der Waals surface area (Å²) in [5.41, 5.74) is 1.96. The minimum atomic E-state index is -0.382. The molecule has 2 aromatic heterocycles. The quantitative estimate of drug-likeness (QED) is 0.146. The number of halogens is 5. The Labute approximate surface area is 279 Å². The van der Waals surface area contributed by atoms with Gasteiger partial charge in [0.2, 0.25) is 5.82 Å². The van der Waals surface area contributed by atoms with Crippen LogP contribution in [-0.4, -0.2) is 22.5 Å². The zero-order valence-corrected chi connectivity index (χ0v) is 27.4. The molecule has 0 spiro atoms. The number of hydrogen-bond donors (Lipinski definition) is 0. The lowest BCUT2D eigenvalue weighted by Crippen LogP contribution is -2.20. The van der Waals surface area contributed by atoms with E-state index in [4.69, 9.17) is 65.3 Å². The van der Waals surface area contributed by atoms with Gasteiger partial charge in [0.25, 0.3) is 5.56 Å². The summed E-state index contributed by atoms with van der Waals surface area (Å²) in [6.07, 6.45) is 1.49. The van der Waals surface area contributed by atoms with Crippen LogP contribution in [0.1, 0.15) is 18.1 Å². The van der Waals surface area contributed by atoms with Crippen LogP contribution in [0.3, 0.4) is 0 Å². The first-order chi connectivity index (χ1) is 21.2. The number of para-hydroxylation sites is 1. The van der Waals surface area contributed by atoms with Gasteiger partial charge in [0.15, 0.2) is 17.3 Å². The second kappa shape index (κ2) is 12.8. The van der Waals surface area contributed by atoms with Crippen LogP contribution in [0, 0.1) is 0 Å². The summed E-state index contributed by atoms with van der Waals surface area (Å²) in [5.74, 6) is 1.25. The fraction of sp³-hybridized carbons (Fsp3) is 0.0938. The highest BCUT2D eigenvalue weighted by molar-refractivity contribution is 9.10. The highest BCUT2D eigenvalue weighted by Crippen LogP contribution is 2.43. The summed E-state index contributed by atoms with van der Waals surface area (Å²) in [4.78, 5) is 18.4. The van der Waals surface area contributed by atoms with Crippen molar-refractivity contribution in [2.75, 3.05) is 6.61 Å². The predicted octanol–water partition coefficient (Wildman–Crippen LogP) is 10.0. The molecule has 6 aromatic rings. The Morgan fingerprint density at radius 3 is 2.55 bits per heavy atom. The molecule has 0 amide bonds. The third kappa shape index (κ3) is 6.05. The zero-order chi connectivity index (χ0) is 31.0. The molecule has 0 aliphatic carbocycles. The molecular weight excluding hydrogens is 712 g/mol. The maximum atomic E-state index is 13.7. The molecule has 0 N–H and O–H groups in total. The molecule has 0 unspecified atom stereocenters. The Kier molecular flexibility index (Phi) is 8.89. The molecule has 44 heavy (non-hydrogen) atoms. The van der Waals surface area contributed by atoms with Crippen LogP contribution in [0.25, 0.3) is 33.5 Å². The van der Waals surface area contributed by atoms with Gasteiger partial charge < -0.3 is 13.9 Å². The van der Waals surface area contributed by atoms with Crippen LogP contribution in [0.4, 0.5) is 0 Å². The maximum Gasteiger partial charge on any atom is 0.282 e. The fourth-order valence-corrected chi connectivity index (χ4v) is 5.82. The van der Waals surface area contributed by atoms with Crippen LogP contribution < -0.4 is 15.0 Å². The predicted molar refractivity (Wildman–Crippen MR) is 180 cm³/mol. The molecule has 222 valence electrons. The first kappa shape index (κ1) is 30.5. The first-order valence-electron chi connectivity index (χ1n) is 13.2. The van der Waals surface area contributed by atoms with Gasteiger partial charge in [0.05, 0.1) is 23.7 Å². The molecule has 0 fully saturated rings. The van der Waals surface area contributed by atoms with Gasteiger partial charge in [-0.05, 0) is 77.5 Å². The van der Waals surface area contributed by atoms with E-state index in [9.17, 15) is 4.79 Å². The molecule has 0 saturated carbocycles. The van der Waals surface area contributed by atoms with Gasteiger partial charge in [-0.25, -0.2) is 4.98 Å². The second-order valence-electron chi connectivity index (χ2n) is 9.49. The minimum absolute atomic E-state index is 0.125. The molecular formula is C32H20BrCl4N3O4. The van der Waals surface area contributed by atoms with Crippen LogP contribution in [0.15, 0.2) is 91.6 Å². The third-order valence-electron chi connectivity index (χ3n) is 6.61. The monoisotopic (exact) mass is 729 g/mol. The van der Waals surface area contributed by atoms with Crippen LogP contribution >= 0.6 is 62.3 Å². The van der Waals surface area contributed by atoms with E-state index in [1.165, 1.54) is 10.9 Å². The second-order valence-corrected chi connectivity index (χ2v) is 11.9. The largest absolute Gasteiger partial charge is 0.490 e. The van der Waals surface area contributed by atoms with Crippen molar-refractivity contribution < 1.29 is 13.9 Å². The van der Waals surface area contributed by atoms with E-state index in [2.05, 4.69) is 21.0 Å². The van der Waals surface area contributed by atoms with Gasteiger partial charge in [0, 0.05) is 36.1 Å². The molecule has 0 saturated heterocycles. The van der Waals surface area contributed by atoms with Gasteiger partial charge in [0.1, 0.15) is 17.2 Å². The molecule has 0 atom stereocenters. The number of furan rings is 1. The topological polar surface area (TPSA) is 78.9 Å². The number of hydrogen-bond acceptors (Lipinski definition) is 6. The Morgan fingerprint density at radius 1 is 0.977 bits per heavy atom. The average molecular weight is 732 g/mol. The van der Waals surface area contributed by atoms with Gasteiger partial charge >= 0.3 is 0 Å². The van der Waals surface area contributed by atoms with Gasteiger partial charge in [-0.15, -0.1) is 0 Å². The van der Waals surface area contributed by atoms with Crippen LogP contribution in [-0.2, 0) is 6.61 Å². The van der Waals surface area contributed by atoms with E-state index >= 15 is 0 Å². The SMILES string of the molecule is CCOc1cc(C=Nn2c(-c3cc4cc(Cl)ccc4o3)nc3ccccc3c2=O)c(Br)c(Cl)c1OCc1ccc(Cl)cc1Cl. The van der Waals surface area contributed by atoms with E-state index in [0.29, 0.717) is 65.5 Å². The first-order valence-corrected chi connectivity index (χ1v) is 15.5.